The van der Waals surface area contributed by atoms with Gasteiger partial charge in [0.1, 0.15) is 5.75 Å². The number of aromatic nitrogens is 1. The maximum absolute atomic E-state index is 12.5. The van der Waals surface area contributed by atoms with E-state index in [-0.39, 0.29) is 17.0 Å². The predicted octanol–water partition coefficient (Wildman–Crippen LogP) is 4.29. The molecule has 1 N–H and O–H groups in total. The predicted molar refractivity (Wildman–Crippen MR) is 99.9 cm³/mol. The number of aryl methyl sites for hydroxylation is 1. The number of nitro groups is 1. The maximum Gasteiger partial charge on any atom is 0.270 e. The number of thiazole rings is 1. The number of carbonyl (C=O) groups excluding carboxylic acids is 1. The quantitative estimate of drug-likeness (QED) is 0.535. The zero-order valence-electron chi connectivity index (χ0n) is 14.1. The van der Waals surface area contributed by atoms with Crippen molar-refractivity contribution in [2.24, 2.45) is 0 Å². The van der Waals surface area contributed by atoms with E-state index < -0.39 is 10.8 Å². The van der Waals surface area contributed by atoms with Crippen molar-refractivity contribution in [1.82, 2.24) is 4.98 Å². The highest BCUT2D eigenvalue weighted by Crippen LogP contribution is 2.26. The van der Waals surface area contributed by atoms with Gasteiger partial charge in [-0.1, -0.05) is 12.1 Å². The number of ether oxygens (including phenoxy) is 1. The van der Waals surface area contributed by atoms with Crippen LogP contribution in [-0.4, -0.2) is 22.9 Å². The van der Waals surface area contributed by atoms with E-state index in [4.69, 9.17) is 4.74 Å². The molecule has 3 rings (SSSR count). The van der Waals surface area contributed by atoms with E-state index in [1.807, 2.05) is 24.4 Å². The van der Waals surface area contributed by atoms with Crippen LogP contribution in [0.25, 0.3) is 11.3 Å². The third kappa shape index (κ3) is 3.70. The monoisotopic (exact) mass is 369 g/mol. The molecule has 3 aromatic rings. The molecule has 8 heteroatoms. The van der Waals surface area contributed by atoms with Crippen molar-refractivity contribution in [3.05, 3.63) is 68.5 Å². The molecule has 26 heavy (non-hydrogen) atoms. The molecule has 0 fully saturated rings. The van der Waals surface area contributed by atoms with E-state index in [1.165, 1.54) is 25.3 Å². The Hall–Kier alpha value is -3.26. The lowest BCUT2D eigenvalue weighted by Gasteiger charge is -2.09. The molecule has 0 bridgehead atoms. The fourth-order valence-corrected chi connectivity index (χ4v) is 3.03. The number of methoxy groups -OCH3 is 1. The summed E-state index contributed by atoms with van der Waals surface area (Å²) in [6.45, 7) is 1.94. The van der Waals surface area contributed by atoms with E-state index in [0.717, 1.165) is 16.3 Å². The number of nitrogens with zero attached hydrogens (tertiary/aromatic N) is 2. The Bertz CT molecular complexity index is 967. The zero-order valence-corrected chi connectivity index (χ0v) is 14.9. The van der Waals surface area contributed by atoms with E-state index in [2.05, 4.69) is 10.3 Å². The summed E-state index contributed by atoms with van der Waals surface area (Å²) in [5, 5.41) is 16.6. The van der Waals surface area contributed by atoms with Crippen LogP contribution < -0.4 is 10.1 Å². The van der Waals surface area contributed by atoms with Crippen molar-refractivity contribution < 1.29 is 14.5 Å². The largest absolute Gasteiger partial charge is 0.496 e. The van der Waals surface area contributed by atoms with Gasteiger partial charge >= 0.3 is 0 Å². The summed E-state index contributed by atoms with van der Waals surface area (Å²) in [5.41, 5.74) is 2.32. The summed E-state index contributed by atoms with van der Waals surface area (Å²) < 4.78 is 5.13. The number of benzene rings is 2. The fraction of sp³-hybridized carbons (Fsp3) is 0.111. The highest BCUT2D eigenvalue weighted by molar-refractivity contribution is 7.09. The Morgan fingerprint density at radius 2 is 1.96 bits per heavy atom. The minimum absolute atomic E-state index is 0.0981. The first-order valence-corrected chi connectivity index (χ1v) is 8.52. The molecule has 7 nitrogen and oxygen atoms in total. The highest BCUT2D eigenvalue weighted by atomic mass is 32.1. The number of nitro benzene ring substituents is 1. The summed E-state index contributed by atoms with van der Waals surface area (Å²) in [6, 6.07) is 11.1. The second-order valence-electron chi connectivity index (χ2n) is 5.42. The summed E-state index contributed by atoms with van der Waals surface area (Å²) >= 11 is 1.57. The van der Waals surface area contributed by atoms with E-state index in [0.29, 0.717) is 5.69 Å². The van der Waals surface area contributed by atoms with Crippen molar-refractivity contribution in [2.45, 2.75) is 6.92 Å². The van der Waals surface area contributed by atoms with Crippen molar-refractivity contribution in [1.29, 1.82) is 0 Å². The number of hydrogen-bond donors (Lipinski definition) is 1. The number of carbonyl (C=O) groups is 1. The van der Waals surface area contributed by atoms with E-state index >= 15 is 0 Å². The third-order valence-electron chi connectivity index (χ3n) is 3.70. The summed E-state index contributed by atoms with van der Waals surface area (Å²) in [4.78, 5) is 27.3. The molecule has 0 aliphatic heterocycles. The molecule has 0 saturated heterocycles. The Kier molecular flexibility index (Phi) is 4.94. The third-order valence-corrected chi connectivity index (χ3v) is 4.47. The molecule has 132 valence electrons. The second kappa shape index (κ2) is 7.32. The smallest absolute Gasteiger partial charge is 0.270 e. The maximum atomic E-state index is 12.5. The number of rotatable bonds is 5. The molecule has 0 unspecified atom stereocenters. The minimum Gasteiger partial charge on any atom is -0.496 e. The van der Waals surface area contributed by atoms with Crippen molar-refractivity contribution in [3.8, 4) is 17.0 Å². The number of hydrogen-bond acceptors (Lipinski definition) is 6. The molecule has 1 aromatic heterocycles. The Balaban J connectivity index is 1.81. The SMILES string of the molecule is COc1ccc([N+](=O)[O-])cc1C(=O)Nc1ccc(-c2csc(C)n2)cc1. The normalized spacial score (nSPS) is 10.4. The van der Waals surface area contributed by atoms with Crippen LogP contribution in [0.3, 0.4) is 0 Å². The first kappa shape index (κ1) is 17.6. The molecule has 1 heterocycles. The van der Waals surface area contributed by atoms with Gasteiger partial charge < -0.3 is 10.1 Å². The van der Waals surface area contributed by atoms with Crippen LogP contribution in [0.1, 0.15) is 15.4 Å². The van der Waals surface area contributed by atoms with Gasteiger partial charge in [0.2, 0.25) is 0 Å². The second-order valence-corrected chi connectivity index (χ2v) is 6.49. The van der Waals surface area contributed by atoms with Crippen LogP contribution >= 0.6 is 11.3 Å². The standard InChI is InChI=1S/C18H15N3O4S/c1-11-19-16(10-26-11)12-3-5-13(6-4-12)20-18(22)15-9-14(21(23)24)7-8-17(15)25-2/h3-10H,1-2H3,(H,20,22). The lowest BCUT2D eigenvalue weighted by Crippen LogP contribution is -2.13. The lowest BCUT2D eigenvalue weighted by molar-refractivity contribution is -0.384. The van der Waals surface area contributed by atoms with Crippen LogP contribution in [0.5, 0.6) is 5.75 Å². The zero-order chi connectivity index (χ0) is 18.7. The lowest BCUT2D eigenvalue weighted by atomic mass is 10.1. The molecule has 2 aromatic carbocycles. The molecular formula is C18H15N3O4S. The van der Waals surface area contributed by atoms with Gasteiger partial charge in [-0.05, 0) is 25.1 Å². The van der Waals surface area contributed by atoms with Crippen molar-refractivity contribution in [3.63, 3.8) is 0 Å². The number of amides is 1. The van der Waals surface area contributed by atoms with Crippen LogP contribution in [0.2, 0.25) is 0 Å². The van der Waals surface area contributed by atoms with Gasteiger partial charge in [0.15, 0.2) is 0 Å². The first-order chi connectivity index (χ1) is 12.5. The van der Waals surface area contributed by atoms with Gasteiger partial charge in [-0.15, -0.1) is 11.3 Å². The number of non-ortho nitro benzene ring substituents is 1. The summed E-state index contributed by atoms with van der Waals surface area (Å²) in [7, 11) is 1.41. The fourth-order valence-electron chi connectivity index (χ4n) is 2.41. The van der Waals surface area contributed by atoms with Crippen molar-refractivity contribution in [2.75, 3.05) is 12.4 Å². The first-order valence-electron chi connectivity index (χ1n) is 7.64. The van der Waals surface area contributed by atoms with Gasteiger partial charge in [-0.3, -0.25) is 14.9 Å². The molecule has 0 aliphatic rings. The van der Waals surface area contributed by atoms with Crippen LogP contribution in [0.15, 0.2) is 47.8 Å². The Morgan fingerprint density at radius 1 is 1.23 bits per heavy atom. The molecular weight excluding hydrogens is 354 g/mol. The molecule has 0 atom stereocenters. The Labute approximate surface area is 153 Å². The molecule has 0 saturated carbocycles. The van der Waals surface area contributed by atoms with Crippen LogP contribution in [-0.2, 0) is 0 Å². The average molecular weight is 369 g/mol. The van der Waals surface area contributed by atoms with E-state index in [9.17, 15) is 14.9 Å². The van der Waals surface area contributed by atoms with Crippen LogP contribution in [0, 0.1) is 17.0 Å². The van der Waals surface area contributed by atoms with Gasteiger partial charge in [-0.2, -0.15) is 0 Å². The molecule has 0 radical (unpaired) electrons. The molecule has 1 amide bonds. The van der Waals surface area contributed by atoms with E-state index in [1.54, 1.807) is 23.5 Å². The summed E-state index contributed by atoms with van der Waals surface area (Å²) in [6.07, 6.45) is 0. The Morgan fingerprint density at radius 3 is 2.54 bits per heavy atom. The average Bonchev–Trinajstić information content (AvgIpc) is 3.08. The molecule has 0 aliphatic carbocycles. The highest BCUT2D eigenvalue weighted by Gasteiger charge is 2.17. The minimum atomic E-state index is -0.555. The summed E-state index contributed by atoms with van der Waals surface area (Å²) in [5.74, 6) is -0.217. The number of anilines is 1. The van der Waals surface area contributed by atoms with Crippen LogP contribution in [0.4, 0.5) is 11.4 Å². The van der Waals surface area contributed by atoms with Gasteiger partial charge in [-0.25, -0.2) is 4.98 Å². The van der Waals surface area contributed by atoms with Gasteiger partial charge in [0.05, 0.1) is 28.3 Å². The van der Waals surface area contributed by atoms with Gasteiger partial charge in [0, 0.05) is 28.8 Å². The topological polar surface area (TPSA) is 94.4 Å². The number of nitrogens with one attached hydrogen (secondary N) is 1. The van der Waals surface area contributed by atoms with Crippen molar-refractivity contribution >= 4 is 28.6 Å². The van der Waals surface area contributed by atoms with Gasteiger partial charge in [0.25, 0.3) is 11.6 Å². The molecule has 0 spiro atoms.